The van der Waals surface area contributed by atoms with Crippen LogP contribution in [0.4, 0.5) is 0 Å². The number of hydrogen-bond donors (Lipinski definition) is 4. The molecule has 2 aliphatic heterocycles. The average Bonchev–Trinajstić information content (AvgIpc) is 3.73. The molecule has 2 fully saturated rings. The minimum atomic E-state index is -1.44. The summed E-state index contributed by atoms with van der Waals surface area (Å²) in [5.74, 6) is -1.75. The second kappa shape index (κ2) is 9.49. The number of aliphatic hydroxyl groups is 2. The molecule has 51 heavy (non-hydrogen) atoms. The van der Waals surface area contributed by atoms with Crippen LogP contribution < -0.4 is 0 Å². The van der Waals surface area contributed by atoms with Gasteiger partial charge in [0.1, 0.15) is 11.5 Å². The van der Waals surface area contributed by atoms with Crippen LogP contribution in [0.3, 0.4) is 0 Å². The molecule has 6 aliphatic rings. The predicted molar refractivity (Wildman–Crippen MR) is 196 cm³/mol. The summed E-state index contributed by atoms with van der Waals surface area (Å²) in [7, 11) is 0. The van der Waals surface area contributed by atoms with Gasteiger partial charge < -0.3 is 34.3 Å². The maximum absolute atomic E-state index is 12.3. The van der Waals surface area contributed by atoms with E-state index in [0.717, 1.165) is 58.9 Å². The molecule has 4 N–H and O–H groups in total. The Balaban J connectivity index is 1.29. The van der Waals surface area contributed by atoms with Gasteiger partial charge in [0.2, 0.25) is 5.79 Å². The van der Waals surface area contributed by atoms with Gasteiger partial charge in [-0.2, -0.15) is 0 Å². The first-order valence-electron chi connectivity index (χ1n) is 18.6. The normalized spacial score (nSPS) is 38.7. The Hall–Kier alpha value is -3.59. The van der Waals surface area contributed by atoms with Crippen molar-refractivity contribution >= 4 is 33.4 Å². The van der Waals surface area contributed by atoms with Gasteiger partial charge in [-0.25, -0.2) is 4.79 Å². The number of aliphatic carboxylic acids is 1. The molecule has 8 nitrogen and oxygen atoms in total. The van der Waals surface area contributed by atoms with E-state index in [-0.39, 0.29) is 34.0 Å². The Morgan fingerprint density at radius 2 is 1.76 bits per heavy atom. The molecule has 8 heteroatoms. The maximum atomic E-state index is 12.3. The number of hydrogen-bond acceptors (Lipinski definition) is 6. The molecule has 9 rings (SSSR count). The zero-order chi connectivity index (χ0) is 36.7. The summed E-state index contributed by atoms with van der Waals surface area (Å²) >= 11 is 0. The quantitative estimate of drug-likeness (QED) is 0.204. The Labute approximate surface area is 299 Å². The lowest BCUT2D eigenvalue weighted by Crippen LogP contribution is -2.65. The van der Waals surface area contributed by atoms with Crippen LogP contribution in [0.5, 0.6) is 5.75 Å². The molecular weight excluding hydrogens is 642 g/mol. The molecule has 270 valence electrons. The molecular formula is C43H51NO7. The second-order valence-electron chi connectivity index (χ2n) is 18.6. The van der Waals surface area contributed by atoms with Crippen molar-refractivity contribution in [1.82, 2.24) is 4.40 Å². The van der Waals surface area contributed by atoms with Crippen LogP contribution in [-0.4, -0.2) is 47.8 Å². The highest BCUT2D eigenvalue weighted by Gasteiger charge is 2.72. The van der Waals surface area contributed by atoms with E-state index in [2.05, 4.69) is 71.6 Å². The van der Waals surface area contributed by atoms with Gasteiger partial charge in [-0.3, -0.25) is 0 Å². The van der Waals surface area contributed by atoms with Gasteiger partial charge in [0.15, 0.2) is 0 Å². The van der Waals surface area contributed by atoms with Crippen molar-refractivity contribution in [2.24, 2.45) is 28.6 Å². The van der Waals surface area contributed by atoms with E-state index in [1.807, 2.05) is 13.0 Å². The SMILES string of the molecule is C=C(C)c1c(O)c2c3c(cc4c5c(n1c42)C1(C)C(CCC2C4(C)C=C(C=C(C)C(=O)O)OC4(O)CCC21C)C5)C1=CC(C)(C)OC(C)(C)C1C3O. The number of carboxylic acid groups (broad SMARTS) is 1. The van der Waals surface area contributed by atoms with Crippen molar-refractivity contribution in [2.75, 3.05) is 0 Å². The molecule has 3 aromatic rings. The molecule has 0 bridgehead atoms. The summed E-state index contributed by atoms with van der Waals surface area (Å²) < 4.78 is 15.1. The van der Waals surface area contributed by atoms with E-state index in [0.29, 0.717) is 29.2 Å². The molecule has 1 aromatic carbocycles. The molecule has 8 unspecified atom stereocenters. The van der Waals surface area contributed by atoms with Gasteiger partial charge >= 0.3 is 5.97 Å². The molecule has 0 amide bonds. The third kappa shape index (κ3) is 3.69. The molecule has 4 aliphatic carbocycles. The van der Waals surface area contributed by atoms with Crippen LogP contribution in [0.1, 0.15) is 122 Å². The van der Waals surface area contributed by atoms with Crippen LogP contribution in [0.25, 0.3) is 27.4 Å². The minimum Gasteiger partial charge on any atom is -0.505 e. The number of nitrogens with zero attached hydrogens (tertiary/aromatic N) is 1. The van der Waals surface area contributed by atoms with Gasteiger partial charge in [-0.1, -0.05) is 20.4 Å². The highest BCUT2D eigenvalue weighted by molar-refractivity contribution is 6.11. The minimum absolute atomic E-state index is 0.0361. The largest absolute Gasteiger partial charge is 0.505 e. The number of rotatable bonds is 3. The highest BCUT2D eigenvalue weighted by Crippen LogP contribution is 2.74. The van der Waals surface area contributed by atoms with Gasteiger partial charge in [0.05, 0.1) is 33.9 Å². The number of carboxylic acids is 1. The van der Waals surface area contributed by atoms with Crippen molar-refractivity contribution in [1.29, 1.82) is 0 Å². The van der Waals surface area contributed by atoms with Crippen molar-refractivity contribution < 1.29 is 34.7 Å². The summed E-state index contributed by atoms with van der Waals surface area (Å²) in [6.07, 6.45) is 8.76. The number of benzene rings is 1. The first-order chi connectivity index (χ1) is 23.6. The first kappa shape index (κ1) is 33.3. The van der Waals surface area contributed by atoms with Crippen LogP contribution in [0.15, 0.2) is 42.2 Å². The lowest BCUT2D eigenvalue weighted by molar-refractivity contribution is -0.283. The fraction of sp³-hybridized carbons (Fsp3) is 0.558. The van der Waals surface area contributed by atoms with E-state index in [4.69, 9.17) is 9.47 Å². The smallest absolute Gasteiger partial charge is 0.331 e. The Kier molecular flexibility index (Phi) is 6.19. The van der Waals surface area contributed by atoms with Crippen LogP contribution in [0, 0.1) is 28.6 Å². The number of aromatic hydroxyl groups is 1. The topological polar surface area (TPSA) is 121 Å². The summed E-state index contributed by atoms with van der Waals surface area (Å²) in [6.45, 7) is 23.0. The molecule has 0 radical (unpaired) electrons. The van der Waals surface area contributed by atoms with Gasteiger partial charge in [0, 0.05) is 45.4 Å². The fourth-order valence-corrected chi connectivity index (χ4v) is 12.9. The summed E-state index contributed by atoms with van der Waals surface area (Å²) in [5.41, 5.74) is 5.45. The second-order valence-corrected chi connectivity index (χ2v) is 18.6. The molecule has 0 saturated heterocycles. The molecule has 2 aromatic heterocycles. The lowest BCUT2D eigenvalue weighted by atomic mass is 9.40. The number of carbonyl (C=O) groups is 1. The van der Waals surface area contributed by atoms with E-state index in [1.165, 1.54) is 17.3 Å². The van der Waals surface area contributed by atoms with E-state index in [1.54, 1.807) is 6.92 Å². The lowest BCUT2D eigenvalue weighted by Gasteiger charge is -2.65. The highest BCUT2D eigenvalue weighted by atomic mass is 16.6. The van der Waals surface area contributed by atoms with Crippen molar-refractivity contribution in [2.45, 2.75) is 123 Å². The number of aromatic nitrogens is 1. The van der Waals surface area contributed by atoms with Gasteiger partial charge in [-0.15, -0.1) is 0 Å². The van der Waals surface area contributed by atoms with Gasteiger partial charge in [-0.05, 0) is 138 Å². The third-order valence-electron chi connectivity index (χ3n) is 15.0. The van der Waals surface area contributed by atoms with Gasteiger partial charge in [0.25, 0.3) is 0 Å². The fourth-order valence-electron chi connectivity index (χ4n) is 12.9. The summed E-state index contributed by atoms with van der Waals surface area (Å²) in [5, 5.41) is 48.1. The number of allylic oxidation sites excluding steroid dienone is 2. The summed E-state index contributed by atoms with van der Waals surface area (Å²) in [6, 6.07) is 2.29. The zero-order valence-corrected chi connectivity index (χ0v) is 31.3. The maximum Gasteiger partial charge on any atom is 0.331 e. The first-order valence-corrected chi connectivity index (χ1v) is 18.6. The van der Waals surface area contributed by atoms with E-state index < -0.39 is 34.5 Å². The van der Waals surface area contributed by atoms with E-state index >= 15 is 0 Å². The third-order valence-corrected chi connectivity index (χ3v) is 15.0. The number of aliphatic hydroxyl groups excluding tert-OH is 1. The van der Waals surface area contributed by atoms with Crippen LogP contribution in [-0.2, 0) is 26.1 Å². The Morgan fingerprint density at radius 1 is 1.06 bits per heavy atom. The average molecular weight is 694 g/mol. The van der Waals surface area contributed by atoms with Crippen molar-refractivity contribution in [3.05, 3.63) is 70.3 Å². The molecule has 0 spiro atoms. The molecule has 2 saturated carbocycles. The van der Waals surface area contributed by atoms with E-state index in [9.17, 15) is 25.2 Å². The molecule has 8 atom stereocenters. The summed E-state index contributed by atoms with van der Waals surface area (Å²) in [4.78, 5) is 11.7. The number of fused-ring (bicyclic) bond motifs is 13. The van der Waals surface area contributed by atoms with Crippen molar-refractivity contribution in [3.8, 4) is 5.75 Å². The van der Waals surface area contributed by atoms with Crippen LogP contribution >= 0.6 is 0 Å². The Morgan fingerprint density at radius 3 is 2.43 bits per heavy atom. The predicted octanol–water partition coefficient (Wildman–Crippen LogP) is 8.18. The Bertz CT molecular complexity index is 2230. The van der Waals surface area contributed by atoms with Crippen molar-refractivity contribution in [3.63, 3.8) is 0 Å². The number of ether oxygens (including phenoxy) is 2. The zero-order valence-electron chi connectivity index (χ0n) is 31.3. The standard InChI is InChI=1S/C43H51NO7/c1-20(2)32-35(46)30-29-24(27-19-38(4,5)51-39(6,7)31(27)34(29)45)17-25-26-16-22-11-12-28-40(8,42(22,10)36(26)44(32)33(25)30)13-14-43(49)41(28,9)18-23(50-43)15-21(3)37(47)48/h15,17-19,22,28,31,34,45-46,49H,1,11-14,16H2,2-10H3,(H,47,48). The monoisotopic (exact) mass is 693 g/mol. The van der Waals surface area contributed by atoms with Crippen LogP contribution in [0.2, 0.25) is 0 Å². The molecule has 4 heterocycles.